The molecule has 1 atom stereocenters. The van der Waals surface area contributed by atoms with Crippen LogP contribution >= 0.6 is 0 Å². The summed E-state index contributed by atoms with van der Waals surface area (Å²) in [5.74, 6) is 0.692. The highest BCUT2D eigenvalue weighted by Gasteiger charge is 2.24. The van der Waals surface area contributed by atoms with Crippen molar-refractivity contribution in [1.29, 1.82) is 0 Å². The van der Waals surface area contributed by atoms with E-state index in [9.17, 15) is 4.79 Å². The minimum absolute atomic E-state index is 0.175. The zero-order valence-electron chi connectivity index (χ0n) is 12.5. The molecule has 110 valence electrons. The van der Waals surface area contributed by atoms with Gasteiger partial charge in [-0.25, -0.2) is 4.98 Å². The largest absolute Gasteiger partial charge is 0.343 e. The molecule has 1 fully saturated rings. The van der Waals surface area contributed by atoms with E-state index in [4.69, 9.17) is 4.98 Å². The molecule has 0 aliphatic carbocycles. The molecule has 0 radical (unpaired) electrons. The number of aryl methyl sites for hydroxylation is 1. The highest BCUT2D eigenvalue weighted by molar-refractivity contribution is 5.73. The van der Waals surface area contributed by atoms with E-state index in [1.54, 1.807) is 13.3 Å². The number of carbonyl (C=O) groups excluding carboxylic acids is 1. The molecule has 3 rings (SSSR count). The highest BCUT2D eigenvalue weighted by atomic mass is 16.2. The van der Waals surface area contributed by atoms with Gasteiger partial charge in [-0.2, -0.15) is 0 Å². The Morgan fingerprint density at radius 1 is 1.43 bits per heavy atom. The fourth-order valence-electron chi connectivity index (χ4n) is 2.92. The average Bonchev–Trinajstić information content (AvgIpc) is 3.08. The first kappa shape index (κ1) is 13.8. The molecule has 5 heteroatoms. The summed E-state index contributed by atoms with van der Waals surface area (Å²) in [5, 5.41) is 0. The van der Waals surface area contributed by atoms with Gasteiger partial charge < -0.3 is 9.47 Å². The van der Waals surface area contributed by atoms with Gasteiger partial charge in [0.05, 0.1) is 23.9 Å². The summed E-state index contributed by atoms with van der Waals surface area (Å²) in [6, 6.07) is 6.12. The van der Waals surface area contributed by atoms with Crippen molar-refractivity contribution in [3.05, 3.63) is 36.4 Å². The molecule has 1 aliphatic heterocycles. The monoisotopic (exact) mass is 284 g/mol. The Morgan fingerprint density at radius 2 is 2.29 bits per heavy atom. The molecule has 0 unspecified atom stereocenters. The summed E-state index contributed by atoms with van der Waals surface area (Å²) < 4.78 is 1.97. The Kier molecular flexibility index (Phi) is 3.73. The van der Waals surface area contributed by atoms with Crippen LogP contribution in [0.2, 0.25) is 0 Å². The van der Waals surface area contributed by atoms with Gasteiger partial charge in [0.2, 0.25) is 5.91 Å². The molecule has 21 heavy (non-hydrogen) atoms. The van der Waals surface area contributed by atoms with Crippen LogP contribution in [0.4, 0.5) is 0 Å². The van der Waals surface area contributed by atoms with Crippen LogP contribution < -0.4 is 0 Å². The molecule has 0 N–H and O–H groups in total. The normalized spacial score (nSPS) is 18.2. The van der Waals surface area contributed by atoms with E-state index in [1.807, 2.05) is 34.8 Å². The number of rotatable bonds is 3. The van der Waals surface area contributed by atoms with E-state index in [0.717, 1.165) is 43.0 Å². The summed E-state index contributed by atoms with van der Waals surface area (Å²) in [5.41, 5.74) is 3.06. The Bertz CT molecular complexity index is 649. The van der Waals surface area contributed by atoms with Crippen molar-refractivity contribution >= 4 is 5.91 Å². The summed E-state index contributed by atoms with van der Waals surface area (Å²) >= 11 is 0. The minimum Gasteiger partial charge on any atom is -0.343 e. The Morgan fingerprint density at radius 3 is 2.95 bits per heavy atom. The standard InChI is InChI=1S/C16H20N4O/c1-12(21)20-7-6-13(10-20)8-14-4-3-5-15(18-14)16-9-17-11-19(16)2/h3-5,9,11,13H,6-8,10H2,1-2H3/t13-/m0/s1. The molecular formula is C16H20N4O. The van der Waals surface area contributed by atoms with Crippen molar-refractivity contribution in [2.45, 2.75) is 19.8 Å². The molecule has 2 aromatic heterocycles. The fraction of sp³-hybridized carbons (Fsp3) is 0.438. The van der Waals surface area contributed by atoms with E-state index in [0.29, 0.717) is 5.92 Å². The van der Waals surface area contributed by atoms with Crippen molar-refractivity contribution in [3.63, 3.8) is 0 Å². The van der Waals surface area contributed by atoms with Crippen LogP contribution in [0, 0.1) is 5.92 Å². The molecule has 1 saturated heterocycles. The van der Waals surface area contributed by atoms with Gasteiger partial charge in [-0.05, 0) is 30.9 Å². The Balaban J connectivity index is 1.73. The molecular weight excluding hydrogens is 264 g/mol. The highest BCUT2D eigenvalue weighted by Crippen LogP contribution is 2.22. The van der Waals surface area contributed by atoms with Gasteiger partial charge in [0.25, 0.3) is 0 Å². The first-order valence-electron chi connectivity index (χ1n) is 7.31. The van der Waals surface area contributed by atoms with Gasteiger partial charge in [-0.15, -0.1) is 0 Å². The van der Waals surface area contributed by atoms with Gasteiger partial charge in [0.1, 0.15) is 0 Å². The number of hydrogen-bond donors (Lipinski definition) is 0. The number of likely N-dealkylation sites (tertiary alicyclic amines) is 1. The average molecular weight is 284 g/mol. The second kappa shape index (κ2) is 5.68. The molecule has 1 amide bonds. The van der Waals surface area contributed by atoms with Crippen LogP contribution in [-0.2, 0) is 18.3 Å². The second-order valence-corrected chi connectivity index (χ2v) is 5.73. The zero-order chi connectivity index (χ0) is 14.8. The van der Waals surface area contributed by atoms with E-state index < -0.39 is 0 Å². The van der Waals surface area contributed by atoms with E-state index in [-0.39, 0.29) is 5.91 Å². The second-order valence-electron chi connectivity index (χ2n) is 5.73. The number of imidazole rings is 1. The van der Waals surface area contributed by atoms with Crippen molar-refractivity contribution in [3.8, 4) is 11.4 Å². The number of aromatic nitrogens is 3. The van der Waals surface area contributed by atoms with Crippen LogP contribution in [0.15, 0.2) is 30.7 Å². The molecule has 0 saturated carbocycles. The number of amides is 1. The number of hydrogen-bond acceptors (Lipinski definition) is 3. The third-order valence-corrected chi connectivity index (χ3v) is 4.11. The first-order valence-corrected chi connectivity index (χ1v) is 7.31. The van der Waals surface area contributed by atoms with Gasteiger partial charge in [-0.3, -0.25) is 9.78 Å². The summed E-state index contributed by atoms with van der Waals surface area (Å²) in [6.45, 7) is 3.37. The minimum atomic E-state index is 0.175. The topological polar surface area (TPSA) is 51.0 Å². The van der Waals surface area contributed by atoms with Crippen LogP contribution in [0.3, 0.4) is 0 Å². The number of carbonyl (C=O) groups is 1. The molecule has 3 heterocycles. The third-order valence-electron chi connectivity index (χ3n) is 4.11. The zero-order valence-corrected chi connectivity index (χ0v) is 12.5. The molecule has 0 aromatic carbocycles. The van der Waals surface area contributed by atoms with Crippen LogP contribution in [-0.4, -0.2) is 38.4 Å². The molecule has 0 bridgehead atoms. The third kappa shape index (κ3) is 2.96. The molecule has 2 aromatic rings. The Hall–Kier alpha value is -2.17. The predicted octanol–water partition coefficient (Wildman–Crippen LogP) is 1.89. The maximum absolute atomic E-state index is 11.4. The van der Waals surface area contributed by atoms with Gasteiger partial charge in [-0.1, -0.05) is 6.07 Å². The summed E-state index contributed by atoms with van der Waals surface area (Å²) in [7, 11) is 1.97. The SMILES string of the molecule is CC(=O)N1CC[C@@H](Cc2cccc(-c3cncn3C)n2)C1. The van der Waals surface area contributed by atoms with Crippen molar-refractivity contribution < 1.29 is 4.79 Å². The van der Waals surface area contributed by atoms with E-state index in [1.165, 1.54) is 0 Å². The van der Waals surface area contributed by atoms with E-state index >= 15 is 0 Å². The lowest BCUT2D eigenvalue weighted by atomic mass is 10.0. The number of nitrogens with zero attached hydrogens (tertiary/aromatic N) is 4. The lowest BCUT2D eigenvalue weighted by Gasteiger charge is -2.14. The van der Waals surface area contributed by atoms with Crippen molar-refractivity contribution in [2.75, 3.05) is 13.1 Å². The first-order chi connectivity index (χ1) is 10.1. The van der Waals surface area contributed by atoms with Crippen LogP contribution in [0.1, 0.15) is 19.0 Å². The fourth-order valence-corrected chi connectivity index (χ4v) is 2.92. The number of pyridine rings is 1. The lowest BCUT2D eigenvalue weighted by Crippen LogP contribution is -2.26. The maximum atomic E-state index is 11.4. The van der Waals surface area contributed by atoms with Gasteiger partial charge in [0.15, 0.2) is 0 Å². The molecule has 5 nitrogen and oxygen atoms in total. The Labute approximate surface area is 124 Å². The lowest BCUT2D eigenvalue weighted by molar-refractivity contribution is -0.127. The van der Waals surface area contributed by atoms with Crippen LogP contribution in [0.5, 0.6) is 0 Å². The van der Waals surface area contributed by atoms with Gasteiger partial charge in [0, 0.05) is 32.8 Å². The molecule has 0 spiro atoms. The summed E-state index contributed by atoms with van der Waals surface area (Å²) in [4.78, 5) is 22.2. The summed E-state index contributed by atoms with van der Waals surface area (Å²) in [6.07, 6.45) is 5.61. The van der Waals surface area contributed by atoms with Crippen molar-refractivity contribution in [1.82, 2.24) is 19.4 Å². The van der Waals surface area contributed by atoms with Gasteiger partial charge >= 0.3 is 0 Å². The maximum Gasteiger partial charge on any atom is 0.219 e. The quantitative estimate of drug-likeness (QED) is 0.865. The predicted molar refractivity (Wildman–Crippen MR) is 80.5 cm³/mol. The van der Waals surface area contributed by atoms with Crippen LogP contribution in [0.25, 0.3) is 11.4 Å². The van der Waals surface area contributed by atoms with E-state index in [2.05, 4.69) is 11.1 Å². The van der Waals surface area contributed by atoms with Crippen molar-refractivity contribution in [2.24, 2.45) is 13.0 Å². The smallest absolute Gasteiger partial charge is 0.219 e. The molecule has 1 aliphatic rings.